The molecule has 3 heteroatoms. The first kappa shape index (κ1) is 7.62. The number of hydrogen-bond acceptors (Lipinski definition) is 1. The van der Waals surface area contributed by atoms with Gasteiger partial charge in [0.2, 0.25) is 5.91 Å². The summed E-state index contributed by atoms with van der Waals surface area (Å²) < 4.78 is 0. The summed E-state index contributed by atoms with van der Waals surface area (Å²) in [5.74, 6) is 0.0878. The number of amides is 1. The lowest BCUT2D eigenvalue weighted by molar-refractivity contribution is -0.121. The summed E-state index contributed by atoms with van der Waals surface area (Å²) in [5.41, 5.74) is 2.21. The van der Waals surface area contributed by atoms with Crippen molar-refractivity contribution >= 4 is 17.5 Å². The molecule has 0 aromatic heterocycles. The minimum absolute atomic E-state index is 0.0878. The normalized spacial score (nSPS) is 15.2. The number of fused-ring (bicyclic) bond motifs is 1. The van der Waals surface area contributed by atoms with Gasteiger partial charge in [-0.1, -0.05) is 17.7 Å². The van der Waals surface area contributed by atoms with Gasteiger partial charge in [0.1, 0.15) is 0 Å². The smallest absolute Gasteiger partial charge is 0.224 e. The van der Waals surface area contributed by atoms with E-state index in [0.717, 1.165) is 16.1 Å². The summed E-state index contributed by atoms with van der Waals surface area (Å²) in [6, 6.07) is 5.63. The molecule has 1 aliphatic heterocycles. The first-order valence-corrected chi connectivity index (χ1v) is 4.17. The predicted molar refractivity (Wildman–Crippen MR) is 47.0 cm³/mol. The first-order chi connectivity index (χ1) is 5.75. The van der Waals surface area contributed by atoms with Crippen molar-refractivity contribution in [3.63, 3.8) is 0 Å². The van der Waals surface area contributed by atoms with Crippen LogP contribution in [0.15, 0.2) is 18.2 Å². The van der Waals surface area contributed by atoms with Gasteiger partial charge in [-0.05, 0) is 23.3 Å². The Bertz CT molecular complexity index is 335. The molecule has 0 spiro atoms. The number of carbonyl (C=O) groups is 1. The van der Waals surface area contributed by atoms with Crippen LogP contribution in [0, 0.1) is 0 Å². The van der Waals surface area contributed by atoms with Crippen molar-refractivity contribution in [2.75, 3.05) is 0 Å². The number of halogens is 1. The average molecular weight is 182 g/mol. The summed E-state index contributed by atoms with van der Waals surface area (Å²) in [7, 11) is 0. The zero-order valence-electron chi connectivity index (χ0n) is 6.43. The van der Waals surface area contributed by atoms with Crippen LogP contribution < -0.4 is 5.32 Å². The van der Waals surface area contributed by atoms with E-state index in [4.69, 9.17) is 11.6 Å². The van der Waals surface area contributed by atoms with Gasteiger partial charge in [0.25, 0.3) is 0 Å². The monoisotopic (exact) mass is 181 g/mol. The molecule has 0 radical (unpaired) electrons. The number of rotatable bonds is 0. The van der Waals surface area contributed by atoms with Crippen molar-refractivity contribution in [3.8, 4) is 0 Å². The minimum atomic E-state index is 0.0878. The van der Waals surface area contributed by atoms with Gasteiger partial charge in [-0.25, -0.2) is 0 Å². The van der Waals surface area contributed by atoms with E-state index in [2.05, 4.69) is 5.32 Å². The van der Waals surface area contributed by atoms with Crippen molar-refractivity contribution in [3.05, 3.63) is 34.3 Å². The maximum Gasteiger partial charge on any atom is 0.224 e. The molecule has 1 heterocycles. The standard InChI is InChI=1S/C9H8ClNO/c10-8-2-1-6-4-9(12)11-5-7(6)3-8/h1-3H,4-5H2,(H,11,12). The summed E-state index contributed by atoms with van der Waals surface area (Å²) in [6.07, 6.45) is 0.479. The lowest BCUT2D eigenvalue weighted by Gasteiger charge is -2.16. The van der Waals surface area contributed by atoms with Gasteiger partial charge in [-0.2, -0.15) is 0 Å². The highest BCUT2D eigenvalue weighted by molar-refractivity contribution is 6.30. The van der Waals surface area contributed by atoms with Crippen LogP contribution >= 0.6 is 11.6 Å². The lowest BCUT2D eigenvalue weighted by Crippen LogP contribution is -2.30. The fourth-order valence-electron chi connectivity index (χ4n) is 1.36. The van der Waals surface area contributed by atoms with Crippen LogP contribution in [0.3, 0.4) is 0 Å². The van der Waals surface area contributed by atoms with Crippen LogP contribution in [-0.2, 0) is 17.8 Å². The van der Waals surface area contributed by atoms with Crippen molar-refractivity contribution in [1.29, 1.82) is 0 Å². The van der Waals surface area contributed by atoms with E-state index in [1.165, 1.54) is 0 Å². The van der Waals surface area contributed by atoms with Gasteiger partial charge in [0.15, 0.2) is 0 Å². The Labute approximate surface area is 75.5 Å². The molecule has 1 aromatic rings. The van der Waals surface area contributed by atoms with Crippen molar-refractivity contribution in [2.24, 2.45) is 0 Å². The van der Waals surface area contributed by atoms with E-state index in [9.17, 15) is 4.79 Å². The Morgan fingerprint density at radius 3 is 3.00 bits per heavy atom. The molecule has 0 unspecified atom stereocenters. The zero-order valence-corrected chi connectivity index (χ0v) is 7.19. The molecule has 0 fully saturated rings. The molecule has 0 atom stereocenters. The summed E-state index contributed by atoms with van der Waals surface area (Å²) in [6.45, 7) is 0.606. The van der Waals surface area contributed by atoms with Crippen LogP contribution in [0.5, 0.6) is 0 Å². The Hall–Kier alpha value is -1.02. The molecule has 2 nitrogen and oxygen atoms in total. The van der Waals surface area contributed by atoms with E-state index < -0.39 is 0 Å². The molecule has 12 heavy (non-hydrogen) atoms. The SMILES string of the molecule is O=C1Cc2ccc(Cl)cc2CN1. The lowest BCUT2D eigenvalue weighted by atomic mass is 10.0. The molecule has 1 aliphatic rings. The van der Waals surface area contributed by atoms with Gasteiger partial charge in [-0.15, -0.1) is 0 Å². The predicted octanol–water partition coefficient (Wildman–Crippen LogP) is 1.51. The molecular weight excluding hydrogens is 174 g/mol. The van der Waals surface area contributed by atoms with Crippen molar-refractivity contribution in [1.82, 2.24) is 5.32 Å². The van der Waals surface area contributed by atoms with Crippen LogP contribution in [0.25, 0.3) is 0 Å². The topological polar surface area (TPSA) is 29.1 Å². The molecule has 1 amide bonds. The Morgan fingerprint density at radius 2 is 2.17 bits per heavy atom. The highest BCUT2D eigenvalue weighted by Crippen LogP contribution is 2.18. The second-order valence-corrected chi connectivity index (χ2v) is 3.30. The van der Waals surface area contributed by atoms with Gasteiger partial charge in [0.05, 0.1) is 6.42 Å². The molecule has 0 aliphatic carbocycles. The molecule has 62 valence electrons. The van der Waals surface area contributed by atoms with E-state index >= 15 is 0 Å². The van der Waals surface area contributed by atoms with Gasteiger partial charge >= 0.3 is 0 Å². The zero-order chi connectivity index (χ0) is 8.55. The number of benzene rings is 1. The van der Waals surface area contributed by atoms with Crippen LogP contribution in [-0.4, -0.2) is 5.91 Å². The summed E-state index contributed by atoms with van der Waals surface area (Å²) in [5, 5.41) is 3.49. The third kappa shape index (κ3) is 1.30. The Balaban J connectivity index is 2.43. The maximum atomic E-state index is 11.0. The van der Waals surface area contributed by atoms with E-state index in [0.29, 0.717) is 13.0 Å². The average Bonchev–Trinajstić information content (AvgIpc) is 2.05. The van der Waals surface area contributed by atoms with Crippen molar-refractivity contribution in [2.45, 2.75) is 13.0 Å². The third-order valence-electron chi connectivity index (χ3n) is 2.00. The highest BCUT2D eigenvalue weighted by Gasteiger charge is 2.13. The van der Waals surface area contributed by atoms with E-state index in [-0.39, 0.29) is 5.91 Å². The summed E-state index contributed by atoms with van der Waals surface area (Å²) >= 11 is 5.80. The molecule has 1 N–H and O–H groups in total. The molecule has 2 rings (SSSR count). The molecule has 0 bridgehead atoms. The van der Waals surface area contributed by atoms with Gasteiger partial charge in [0, 0.05) is 11.6 Å². The van der Waals surface area contributed by atoms with Gasteiger partial charge in [-0.3, -0.25) is 4.79 Å². The third-order valence-corrected chi connectivity index (χ3v) is 2.23. The van der Waals surface area contributed by atoms with Crippen LogP contribution in [0.1, 0.15) is 11.1 Å². The van der Waals surface area contributed by atoms with Crippen LogP contribution in [0.2, 0.25) is 5.02 Å². The fraction of sp³-hybridized carbons (Fsp3) is 0.222. The molecular formula is C9H8ClNO. The molecule has 1 aromatic carbocycles. The number of hydrogen-bond donors (Lipinski definition) is 1. The van der Waals surface area contributed by atoms with E-state index in [1.807, 2.05) is 18.2 Å². The Morgan fingerprint density at radius 1 is 1.33 bits per heavy atom. The van der Waals surface area contributed by atoms with Crippen molar-refractivity contribution < 1.29 is 4.79 Å². The fourth-order valence-corrected chi connectivity index (χ4v) is 1.56. The number of carbonyl (C=O) groups excluding carboxylic acids is 1. The highest BCUT2D eigenvalue weighted by atomic mass is 35.5. The second-order valence-electron chi connectivity index (χ2n) is 2.87. The number of nitrogens with one attached hydrogen (secondary N) is 1. The molecule has 0 saturated carbocycles. The second kappa shape index (κ2) is 2.79. The maximum absolute atomic E-state index is 11.0. The van der Waals surface area contributed by atoms with Gasteiger partial charge < -0.3 is 5.32 Å². The summed E-state index contributed by atoms with van der Waals surface area (Å²) in [4.78, 5) is 11.0. The minimum Gasteiger partial charge on any atom is -0.352 e. The van der Waals surface area contributed by atoms with Crippen LogP contribution in [0.4, 0.5) is 0 Å². The largest absolute Gasteiger partial charge is 0.352 e. The van der Waals surface area contributed by atoms with E-state index in [1.54, 1.807) is 0 Å². The molecule has 0 saturated heterocycles. The first-order valence-electron chi connectivity index (χ1n) is 3.80. The quantitative estimate of drug-likeness (QED) is 0.646. The Kier molecular flexibility index (Phi) is 1.77.